The number of nitrogens with one attached hydrogen (secondary N) is 1. The van der Waals surface area contributed by atoms with E-state index in [0.717, 1.165) is 38.5 Å². The van der Waals surface area contributed by atoms with Crippen molar-refractivity contribution in [2.45, 2.75) is 31.2 Å². The van der Waals surface area contributed by atoms with E-state index < -0.39 is 0 Å². The Labute approximate surface area is 215 Å². The minimum absolute atomic E-state index is 0.0829. The third-order valence-electron chi connectivity index (χ3n) is 6.79. The van der Waals surface area contributed by atoms with E-state index in [-0.39, 0.29) is 17.7 Å². The maximum atomic E-state index is 13.7. The number of hydrogen-bond acceptors (Lipinski definition) is 5. The number of aromatic amines is 1. The Balaban J connectivity index is 1.58. The molecule has 2 heterocycles. The molecule has 1 amide bonds. The van der Waals surface area contributed by atoms with Crippen molar-refractivity contribution < 1.29 is 14.6 Å². The normalized spacial score (nSPS) is 14.8. The van der Waals surface area contributed by atoms with Crippen molar-refractivity contribution in [1.82, 2.24) is 15.1 Å². The van der Waals surface area contributed by atoms with Gasteiger partial charge in [-0.1, -0.05) is 30.3 Å². The van der Waals surface area contributed by atoms with Crippen molar-refractivity contribution in [3.05, 3.63) is 94.2 Å². The van der Waals surface area contributed by atoms with Gasteiger partial charge in [-0.2, -0.15) is 5.10 Å². The number of thioether (sulfide) groups is 1. The molecule has 1 aromatic heterocycles. The van der Waals surface area contributed by atoms with E-state index in [0.29, 0.717) is 29.9 Å². The van der Waals surface area contributed by atoms with Gasteiger partial charge in [0, 0.05) is 22.6 Å². The molecule has 0 radical (unpaired) electrons. The maximum absolute atomic E-state index is 13.7. The van der Waals surface area contributed by atoms with Gasteiger partial charge in [0.25, 0.3) is 5.91 Å². The summed E-state index contributed by atoms with van der Waals surface area (Å²) in [7, 11) is 1.65. The molecule has 184 valence electrons. The number of methoxy groups -OCH3 is 1. The van der Waals surface area contributed by atoms with E-state index in [9.17, 15) is 9.90 Å². The second-order valence-electron chi connectivity index (χ2n) is 9.11. The first-order valence-electron chi connectivity index (χ1n) is 11.9. The Morgan fingerprint density at radius 3 is 2.44 bits per heavy atom. The predicted octanol–water partition coefficient (Wildman–Crippen LogP) is 5.92. The molecule has 2 N–H and O–H groups in total. The van der Waals surface area contributed by atoms with Crippen LogP contribution in [-0.2, 0) is 6.42 Å². The molecular weight excluding hydrogens is 470 g/mol. The molecule has 0 saturated carbocycles. The van der Waals surface area contributed by atoms with E-state index in [1.807, 2.05) is 55.3 Å². The molecule has 0 aliphatic carbocycles. The monoisotopic (exact) mass is 499 g/mol. The zero-order chi connectivity index (χ0) is 25.4. The molecule has 6 nitrogen and oxygen atoms in total. The fourth-order valence-electron chi connectivity index (χ4n) is 5.05. The molecule has 0 fully saturated rings. The lowest BCUT2D eigenvalue weighted by atomic mass is 9.93. The summed E-state index contributed by atoms with van der Waals surface area (Å²) in [6.45, 7) is 4.45. The molecule has 0 bridgehead atoms. The Morgan fingerprint density at radius 1 is 1.08 bits per heavy atom. The van der Waals surface area contributed by atoms with Crippen molar-refractivity contribution in [1.29, 1.82) is 0 Å². The van der Waals surface area contributed by atoms with Crippen LogP contribution in [0.5, 0.6) is 11.5 Å². The van der Waals surface area contributed by atoms with Gasteiger partial charge in [0.1, 0.15) is 22.9 Å². The number of benzene rings is 3. The number of fused-ring (bicyclic) bond motifs is 1. The number of nitrogens with zero attached hydrogens (tertiary/aromatic N) is 2. The van der Waals surface area contributed by atoms with E-state index in [2.05, 4.69) is 34.5 Å². The fraction of sp³-hybridized carbons (Fsp3) is 0.241. The first-order valence-corrected chi connectivity index (χ1v) is 13.1. The standard InChI is InChI=1S/C29H29N3O3S/c1-17-15-18(2)24(23(33)16-17)26-25-27(31-30-26)29(34)32(14-13-19-5-9-21(35-3)10-6-19)28(25)20-7-11-22(36-4)12-8-20/h5-12,15-16,28,33H,13-14H2,1-4H3,(H,30,31). The van der Waals surface area contributed by atoms with Crippen LogP contribution < -0.4 is 4.74 Å². The minimum atomic E-state index is -0.310. The number of aromatic nitrogens is 2. The number of phenolic OH excluding ortho intramolecular Hbond substituents is 1. The van der Waals surface area contributed by atoms with Crippen molar-refractivity contribution >= 4 is 17.7 Å². The molecule has 1 aliphatic rings. The van der Waals surface area contributed by atoms with Crippen LogP contribution in [0.15, 0.2) is 65.6 Å². The van der Waals surface area contributed by atoms with Gasteiger partial charge in [0.05, 0.1) is 13.2 Å². The summed E-state index contributed by atoms with van der Waals surface area (Å²) in [6.07, 6.45) is 2.75. The molecule has 1 aliphatic heterocycles. The summed E-state index contributed by atoms with van der Waals surface area (Å²) in [4.78, 5) is 16.7. The Hall–Kier alpha value is -3.71. The molecule has 3 aromatic carbocycles. The summed E-state index contributed by atoms with van der Waals surface area (Å²) in [5.41, 5.74) is 6.62. The van der Waals surface area contributed by atoms with Crippen molar-refractivity contribution in [3.8, 4) is 22.8 Å². The van der Waals surface area contributed by atoms with E-state index in [4.69, 9.17) is 4.74 Å². The van der Waals surface area contributed by atoms with E-state index >= 15 is 0 Å². The lowest BCUT2D eigenvalue weighted by molar-refractivity contribution is 0.0746. The number of aromatic hydroxyl groups is 1. The van der Waals surface area contributed by atoms with Crippen LogP contribution in [0.2, 0.25) is 0 Å². The van der Waals surface area contributed by atoms with Gasteiger partial charge in [-0.05, 0) is 79.1 Å². The summed E-state index contributed by atoms with van der Waals surface area (Å²) >= 11 is 1.68. The number of carbonyl (C=O) groups is 1. The number of aryl methyl sites for hydroxylation is 2. The molecule has 1 unspecified atom stereocenters. The Bertz CT molecular complexity index is 1390. The topological polar surface area (TPSA) is 78.5 Å². The largest absolute Gasteiger partial charge is 0.507 e. The highest BCUT2D eigenvalue weighted by Gasteiger charge is 2.42. The van der Waals surface area contributed by atoms with Gasteiger partial charge in [0.2, 0.25) is 0 Å². The highest BCUT2D eigenvalue weighted by molar-refractivity contribution is 7.98. The molecule has 0 saturated heterocycles. The lowest BCUT2D eigenvalue weighted by Gasteiger charge is -2.27. The number of rotatable bonds is 7. The highest BCUT2D eigenvalue weighted by Crippen LogP contribution is 2.45. The molecule has 0 spiro atoms. The van der Waals surface area contributed by atoms with Crippen molar-refractivity contribution in [3.63, 3.8) is 0 Å². The minimum Gasteiger partial charge on any atom is -0.507 e. The van der Waals surface area contributed by atoms with Gasteiger partial charge < -0.3 is 14.7 Å². The Morgan fingerprint density at radius 2 is 1.81 bits per heavy atom. The molecule has 36 heavy (non-hydrogen) atoms. The third-order valence-corrected chi connectivity index (χ3v) is 7.54. The average molecular weight is 500 g/mol. The van der Waals surface area contributed by atoms with Crippen LogP contribution in [0.3, 0.4) is 0 Å². The summed E-state index contributed by atoms with van der Waals surface area (Å²) in [6, 6.07) is 19.7. The van der Waals surface area contributed by atoms with Gasteiger partial charge in [-0.15, -0.1) is 11.8 Å². The van der Waals surface area contributed by atoms with Crippen LogP contribution in [0.25, 0.3) is 11.3 Å². The maximum Gasteiger partial charge on any atom is 0.273 e. The third kappa shape index (κ3) is 4.24. The van der Waals surface area contributed by atoms with E-state index in [1.165, 1.54) is 0 Å². The number of hydrogen-bond donors (Lipinski definition) is 2. The second kappa shape index (κ2) is 9.74. The first kappa shape index (κ1) is 24.0. The number of amides is 1. The van der Waals surface area contributed by atoms with Gasteiger partial charge in [-0.3, -0.25) is 9.89 Å². The second-order valence-corrected chi connectivity index (χ2v) is 9.99. The molecule has 5 rings (SSSR count). The molecular formula is C29H29N3O3S. The van der Waals surface area contributed by atoms with E-state index in [1.54, 1.807) is 24.9 Å². The number of H-pyrrole nitrogens is 1. The van der Waals surface area contributed by atoms with Crippen LogP contribution >= 0.6 is 11.8 Å². The SMILES string of the molecule is COc1ccc(CCN2C(=O)c3[nH]nc(-c4c(C)cc(C)cc4O)c3C2c2ccc(SC)cc2)cc1. The number of phenols is 1. The molecule has 4 aromatic rings. The average Bonchev–Trinajstić information content (AvgIpc) is 3.41. The number of carbonyl (C=O) groups excluding carboxylic acids is 1. The summed E-state index contributed by atoms with van der Waals surface area (Å²) in [5, 5.41) is 18.4. The van der Waals surface area contributed by atoms with Crippen LogP contribution in [0.1, 0.15) is 44.3 Å². The predicted molar refractivity (Wildman–Crippen MR) is 143 cm³/mol. The zero-order valence-electron chi connectivity index (χ0n) is 20.8. The van der Waals surface area contributed by atoms with Crippen molar-refractivity contribution in [2.75, 3.05) is 19.9 Å². The van der Waals surface area contributed by atoms with Crippen LogP contribution in [0, 0.1) is 13.8 Å². The smallest absolute Gasteiger partial charge is 0.273 e. The molecule has 7 heteroatoms. The summed E-state index contributed by atoms with van der Waals surface area (Å²) < 4.78 is 5.27. The zero-order valence-corrected chi connectivity index (χ0v) is 21.6. The van der Waals surface area contributed by atoms with Gasteiger partial charge in [0.15, 0.2) is 0 Å². The lowest BCUT2D eigenvalue weighted by Crippen LogP contribution is -2.31. The van der Waals surface area contributed by atoms with Gasteiger partial charge in [-0.25, -0.2) is 0 Å². The fourth-order valence-corrected chi connectivity index (χ4v) is 5.45. The van der Waals surface area contributed by atoms with Crippen LogP contribution in [0.4, 0.5) is 0 Å². The van der Waals surface area contributed by atoms with Crippen molar-refractivity contribution in [2.24, 2.45) is 0 Å². The van der Waals surface area contributed by atoms with Gasteiger partial charge >= 0.3 is 0 Å². The summed E-state index contributed by atoms with van der Waals surface area (Å²) in [5.74, 6) is 0.893. The van der Waals surface area contributed by atoms with Crippen LogP contribution in [-0.4, -0.2) is 46.0 Å². The quantitative estimate of drug-likeness (QED) is 0.309. The highest BCUT2D eigenvalue weighted by atomic mass is 32.2. The molecule has 1 atom stereocenters. The Kier molecular flexibility index (Phi) is 6.49. The first-order chi connectivity index (χ1) is 17.4. The number of ether oxygens (including phenoxy) is 1.